The highest BCUT2D eigenvalue weighted by Gasteiger charge is 2.39. The van der Waals surface area contributed by atoms with Crippen LogP contribution in [0, 0.1) is 11.3 Å². The Morgan fingerprint density at radius 3 is 2.69 bits per heavy atom. The van der Waals surface area contributed by atoms with Crippen LogP contribution in [0.1, 0.15) is 87.2 Å². The third-order valence-corrected chi connectivity index (χ3v) is 7.62. The molecule has 3 amide bonds. The Morgan fingerprint density at radius 1 is 1.23 bits per heavy atom. The van der Waals surface area contributed by atoms with Gasteiger partial charge in [-0.2, -0.15) is 10.2 Å². The number of imidazole rings is 1. The van der Waals surface area contributed by atoms with E-state index >= 15 is 0 Å². The number of carbonyl (C=O) groups is 2. The van der Waals surface area contributed by atoms with Gasteiger partial charge in [-0.1, -0.05) is 13.8 Å². The molecular formula is C27H36F2N8O2. The first-order valence-corrected chi connectivity index (χ1v) is 13.5. The van der Waals surface area contributed by atoms with Gasteiger partial charge < -0.3 is 15.5 Å². The molecule has 1 aliphatic carbocycles. The van der Waals surface area contributed by atoms with Crippen LogP contribution in [0.3, 0.4) is 0 Å². The summed E-state index contributed by atoms with van der Waals surface area (Å²) in [6.45, 7) is 9.71. The summed E-state index contributed by atoms with van der Waals surface area (Å²) >= 11 is 0. The van der Waals surface area contributed by atoms with Crippen LogP contribution in [0.2, 0.25) is 0 Å². The Kier molecular flexibility index (Phi) is 7.06. The first-order chi connectivity index (χ1) is 18.4. The summed E-state index contributed by atoms with van der Waals surface area (Å²) in [7, 11) is 0. The lowest BCUT2D eigenvalue weighted by Gasteiger charge is -2.38. The minimum Gasteiger partial charge on any atom is -0.342 e. The highest BCUT2D eigenvalue weighted by atomic mass is 19.3. The number of nitrogens with zero attached hydrogens (tertiary/aromatic N) is 6. The van der Waals surface area contributed by atoms with E-state index in [0.29, 0.717) is 36.7 Å². The number of carbonyl (C=O) groups excluding carboxylic acids is 2. The zero-order valence-electron chi connectivity index (χ0n) is 22.8. The van der Waals surface area contributed by atoms with Gasteiger partial charge in [-0.25, -0.2) is 23.1 Å². The van der Waals surface area contributed by atoms with E-state index in [1.807, 2.05) is 19.9 Å². The van der Waals surface area contributed by atoms with Crippen LogP contribution in [0.5, 0.6) is 0 Å². The van der Waals surface area contributed by atoms with Crippen molar-refractivity contribution in [2.75, 3.05) is 13.1 Å². The SMILES string of the molecule is CC(C)n1nccc1C(=O)NC(c1cn2ncc(CN3CC(C)(C)CNC3=O)cc2n1)C1CCC(F)(F)CC1. The maximum absolute atomic E-state index is 14.0. The molecule has 1 atom stereocenters. The number of nitrogens with one attached hydrogen (secondary N) is 2. The molecule has 4 heterocycles. The van der Waals surface area contributed by atoms with Crippen molar-refractivity contribution < 1.29 is 18.4 Å². The molecule has 2 N–H and O–H groups in total. The van der Waals surface area contributed by atoms with Gasteiger partial charge in [0.25, 0.3) is 5.91 Å². The lowest BCUT2D eigenvalue weighted by atomic mass is 9.81. The number of amides is 3. The largest absolute Gasteiger partial charge is 0.342 e. The number of aromatic nitrogens is 5. The van der Waals surface area contributed by atoms with Crippen LogP contribution in [0.15, 0.2) is 30.7 Å². The zero-order chi connectivity index (χ0) is 27.9. The molecule has 1 aliphatic heterocycles. The van der Waals surface area contributed by atoms with Crippen molar-refractivity contribution in [3.8, 4) is 0 Å². The van der Waals surface area contributed by atoms with Crippen LogP contribution in [0.25, 0.3) is 5.65 Å². The lowest BCUT2D eigenvalue weighted by molar-refractivity contribution is -0.0495. The fourth-order valence-electron chi connectivity index (χ4n) is 5.54. The molecule has 10 nitrogen and oxygen atoms in total. The monoisotopic (exact) mass is 542 g/mol. The molecule has 1 unspecified atom stereocenters. The minimum atomic E-state index is -2.69. The average molecular weight is 543 g/mol. The van der Waals surface area contributed by atoms with Gasteiger partial charge in [0.2, 0.25) is 5.92 Å². The fourth-order valence-corrected chi connectivity index (χ4v) is 5.54. The number of fused-ring (bicyclic) bond motifs is 1. The molecule has 5 rings (SSSR count). The average Bonchev–Trinajstić information content (AvgIpc) is 3.52. The summed E-state index contributed by atoms with van der Waals surface area (Å²) in [5, 5.41) is 14.7. The standard InChI is InChI=1S/C27H36F2N8O2/c1-17(2)37-21(7-10-31-37)24(38)34-23(19-5-8-27(28,29)9-6-19)20-14-36-22(33-20)11-18(12-32-36)13-35-16-26(3,4)15-30-25(35)39/h7,10-12,14,17,19,23H,5-6,8-9,13,15-16H2,1-4H3,(H,30,39)(H,34,38). The zero-order valence-corrected chi connectivity index (χ0v) is 22.8. The van der Waals surface area contributed by atoms with Crippen LogP contribution in [-0.4, -0.2) is 60.2 Å². The van der Waals surface area contributed by atoms with Crippen molar-refractivity contribution >= 4 is 17.6 Å². The maximum atomic E-state index is 14.0. The van der Waals surface area contributed by atoms with E-state index < -0.39 is 12.0 Å². The molecule has 0 bridgehead atoms. The Hall–Kier alpha value is -3.57. The summed E-state index contributed by atoms with van der Waals surface area (Å²) in [4.78, 5) is 32.3. The molecule has 0 aromatic carbocycles. The van der Waals surface area contributed by atoms with Crippen molar-refractivity contribution in [2.45, 2.75) is 77.9 Å². The van der Waals surface area contributed by atoms with Gasteiger partial charge in [0.15, 0.2) is 5.65 Å². The Bertz CT molecular complexity index is 1350. The van der Waals surface area contributed by atoms with Gasteiger partial charge in [0, 0.05) is 44.7 Å². The number of urea groups is 1. The highest BCUT2D eigenvalue weighted by Crippen LogP contribution is 2.41. The first kappa shape index (κ1) is 27.0. The Morgan fingerprint density at radius 2 is 1.97 bits per heavy atom. The molecule has 2 fully saturated rings. The summed E-state index contributed by atoms with van der Waals surface area (Å²) in [6.07, 6.45) is 5.11. The molecule has 3 aromatic heterocycles. The third-order valence-electron chi connectivity index (χ3n) is 7.62. The van der Waals surface area contributed by atoms with Gasteiger partial charge in [0.1, 0.15) is 5.69 Å². The number of rotatable bonds is 7. The first-order valence-electron chi connectivity index (χ1n) is 13.5. The van der Waals surface area contributed by atoms with E-state index in [9.17, 15) is 18.4 Å². The Balaban J connectivity index is 1.41. The topological polar surface area (TPSA) is 109 Å². The lowest BCUT2D eigenvalue weighted by Crippen LogP contribution is -2.54. The predicted octanol–water partition coefficient (Wildman–Crippen LogP) is 4.35. The number of hydrogen-bond acceptors (Lipinski definition) is 5. The second-order valence-electron chi connectivity index (χ2n) is 11.9. The predicted molar refractivity (Wildman–Crippen MR) is 140 cm³/mol. The molecule has 1 saturated heterocycles. The highest BCUT2D eigenvalue weighted by molar-refractivity contribution is 5.92. The van der Waals surface area contributed by atoms with E-state index in [1.165, 1.54) is 0 Å². The molecule has 3 aromatic rings. The van der Waals surface area contributed by atoms with E-state index in [2.05, 4.69) is 34.7 Å². The van der Waals surface area contributed by atoms with E-state index in [-0.39, 0.29) is 55.0 Å². The quantitative estimate of drug-likeness (QED) is 0.461. The molecule has 39 heavy (non-hydrogen) atoms. The molecule has 210 valence electrons. The van der Waals surface area contributed by atoms with Gasteiger partial charge in [-0.3, -0.25) is 9.48 Å². The van der Waals surface area contributed by atoms with E-state index in [1.54, 1.807) is 38.8 Å². The smallest absolute Gasteiger partial charge is 0.317 e. The molecular weight excluding hydrogens is 506 g/mol. The second-order valence-corrected chi connectivity index (χ2v) is 11.9. The van der Waals surface area contributed by atoms with Gasteiger partial charge in [-0.05, 0) is 55.7 Å². The summed E-state index contributed by atoms with van der Waals surface area (Å²) in [6, 6.07) is 2.82. The van der Waals surface area contributed by atoms with Crippen LogP contribution in [-0.2, 0) is 6.54 Å². The van der Waals surface area contributed by atoms with Crippen LogP contribution < -0.4 is 10.6 Å². The molecule has 12 heteroatoms. The van der Waals surface area contributed by atoms with Gasteiger partial charge in [0.05, 0.1) is 24.1 Å². The molecule has 1 saturated carbocycles. The van der Waals surface area contributed by atoms with Gasteiger partial charge in [-0.15, -0.1) is 0 Å². The summed E-state index contributed by atoms with van der Waals surface area (Å²) in [5.74, 6) is -3.22. The van der Waals surface area contributed by atoms with Crippen molar-refractivity contribution in [1.82, 2.24) is 39.9 Å². The van der Waals surface area contributed by atoms with Crippen molar-refractivity contribution in [3.05, 3.63) is 47.7 Å². The van der Waals surface area contributed by atoms with Crippen molar-refractivity contribution in [3.63, 3.8) is 0 Å². The van der Waals surface area contributed by atoms with E-state index in [4.69, 9.17) is 4.98 Å². The van der Waals surface area contributed by atoms with Crippen molar-refractivity contribution in [1.29, 1.82) is 0 Å². The normalized spacial score (nSPS) is 20.3. The van der Waals surface area contributed by atoms with E-state index in [0.717, 1.165) is 5.56 Å². The van der Waals surface area contributed by atoms with Crippen LogP contribution >= 0.6 is 0 Å². The third kappa shape index (κ3) is 5.89. The number of hydrogen-bond donors (Lipinski definition) is 2. The van der Waals surface area contributed by atoms with Crippen LogP contribution in [0.4, 0.5) is 13.6 Å². The molecule has 0 radical (unpaired) electrons. The Labute approximate surface area is 226 Å². The summed E-state index contributed by atoms with van der Waals surface area (Å²) in [5.41, 5.74) is 2.32. The minimum absolute atomic E-state index is 0.0158. The number of alkyl halides is 2. The summed E-state index contributed by atoms with van der Waals surface area (Å²) < 4.78 is 31.2. The van der Waals surface area contributed by atoms with Crippen molar-refractivity contribution in [2.24, 2.45) is 11.3 Å². The fraction of sp³-hybridized carbons (Fsp3) is 0.593. The maximum Gasteiger partial charge on any atom is 0.317 e. The number of halogens is 2. The van der Waals surface area contributed by atoms with Gasteiger partial charge >= 0.3 is 6.03 Å². The second kappa shape index (κ2) is 10.2. The molecule has 2 aliphatic rings. The molecule has 0 spiro atoms.